The lowest BCUT2D eigenvalue weighted by molar-refractivity contribution is -0.148. The normalized spacial score (nSPS) is 24.0. The molecule has 1 atom stereocenters. The highest BCUT2D eigenvalue weighted by molar-refractivity contribution is 5.99. The van der Waals surface area contributed by atoms with Gasteiger partial charge in [0.2, 0.25) is 5.72 Å². The van der Waals surface area contributed by atoms with Crippen molar-refractivity contribution in [1.82, 2.24) is 9.91 Å². The number of furan rings is 1. The van der Waals surface area contributed by atoms with E-state index in [1.807, 2.05) is 24.3 Å². The summed E-state index contributed by atoms with van der Waals surface area (Å²) in [6, 6.07) is 10.2. The second-order valence-electron chi connectivity index (χ2n) is 7.32. The van der Waals surface area contributed by atoms with E-state index in [9.17, 15) is 0 Å². The number of nitrogens with zero attached hydrogens (tertiary/aromatic N) is 3. The summed E-state index contributed by atoms with van der Waals surface area (Å²) in [4.78, 5) is 2.34. The predicted molar refractivity (Wildman–Crippen MR) is 97.5 cm³/mol. The van der Waals surface area contributed by atoms with Crippen LogP contribution in [0.25, 0.3) is 0 Å². The number of hydrogen-bond donors (Lipinski definition) is 0. The van der Waals surface area contributed by atoms with Gasteiger partial charge in [-0.1, -0.05) is 12.1 Å². The third-order valence-electron chi connectivity index (χ3n) is 5.78. The number of hydrazone groups is 1. The van der Waals surface area contributed by atoms with E-state index in [4.69, 9.17) is 19.0 Å². The minimum Gasteiger partial charge on any atom is -0.493 e. The fourth-order valence-electron chi connectivity index (χ4n) is 4.32. The SMILES string of the molecule is COc1cccc2c1OC1(CCN(C)CC1)N1N=C(c3ccco3)C[C@@H]21. The number of fused-ring (bicyclic) bond motifs is 4. The minimum absolute atomic E-state index is 0.150. The van der Waals surface area contributed by atoms with Crippen molar-refractivity contribution < 1.29 is 13.9 Å². The van der Waals surface area contributed by atoms with E-state index in [1.54, 1.807) is 13.4 Å². The van der Waals surface area contributed by atoms with Gasteiger partial charge in [-0.25, -0.2) is 5.01 Å². The Morgan fingerprint density at radius 1 is 1.19 bits per heavy atom. The van der Waals surface area contributed by atoms with Crippen molar-refractivity contribution in [2.45, 2.75) is 31.0 Å². The standard InChI is InChI=1S/C20H23N3O3/c1-22-10-8-20(9-11-22)23-16(13-15(21-23)17-7-4-12-25-17)14-5-3-6-18(24-2)19(14)26-20/h3-7,12,16H,8-11,13H2,1-2H3/t16-/m0/s1. The summed E-state index contributed by atoms with van der Waals surface area (Å²) in [6.07, 6.45) is 4.33. The van der Waals surface area contributed by atoms with Gasteiger partial charge in [0, 0.05) is 37.9 Å². The second-order valence-corrected chi connectivity index (χ2v) is 7.32. The maximum atomic E-state index is 6.65. The number of methoxy groups -OCH3 is 1. The molecule has 6 nitrogen and oxygen atoms in total. The molecule has 0 unspecified atom stereocenters. The van der Waals surface area contributed by atoms with Crippen LogP contribution in [0.4, 0.5) is 0 Å². The highest BCUT2D eigenvalue weighted by Crippen LogP contribution is 2.52. The number of benzene rings is 1. The average Bonchev–Trinajstić information content (AvgIpc) is 3.34. The monoisotopic (exact) mass is 353 g/mol. The van der Waals surface area contributed by atoms with Gasteiger partial charge in [-0.15, -0.1) is 0 Å². The molecule has 0 amide bonds. The second kappa shape index (κ2) is 5.77. The molecule has 1 spiro atoms. The lowest BCUT2D eigenvalue weighted by Gasteiger charge is -2.50. The number of ether oxygens (including phenoxy) is 2. The van der Waals surface area contributed by atoms with E-state index in [-0.39, 0.29) is 6.04 Å². The lowest BCUT2D eigenvalue weighted by atomic mass is 9.91. The van der Waals surface area contributed by atoms with Crippen molar-refractivity contribution in [1.29, 1.82) is 0 Å². The third kappa shape index (κ3) is 2.25. The molecule has 4 heterocycles. The minimum atomic E-state index is -0.423. The number of rotatable bonds is 2. The topological polar surface area (TPSA) is 50.4 Å². The molecule has 0 radical (unpaired) electrons. The fourth-order valence-corrected chi connectivity index (χ4v) is 4.32. The molecule has 0 N–H and O–H groups in total. The first-order valence-electron chi connectivity index (χ1n) is 9.15. The first-order valence-corrected chi connectivity index (χ1v) is 9.15. The van der Waals surface area contributed by atoms with Crippen LogP contribution in [-0.4, -0.2) is 48.6 Å². The van der Waals surface area contributed by atoms with E-state index in [1.165, 1.54) is 0 Å². The third-order valence-corrected chi connectivity index (χ3v) is 5.78. The molecule has 1 fully saturated rings. The molecular formula is C20H23N3O3. The molecule has 26 heavy (non-hydrogen) atoms. The summed E-state index contributed by atoms with van der Waals surface area (Å²) in [6.45, 7) is 1.97. The Morgan fingerprint density at radius 3 is 2.77 bits per heavy atom. The summed E-state index contributed by atoms with van der Waals surface area (Å²) in [5.74, 6) is 2.51. The predicted octanol–water partition coefficient (Wildman–Crippen LogP) is 3.25. The molecule has 5 rings (SSSR count). The molecule has 0 aliphatic carbocycles. The van der Waals surface area contributed by atoms with Gasteiger partial charge in [0.15, 0.2) is 11.5 Å². The van der Waals surface area contributed by atoms with Crippen LogP contribution in [0.2, 0.25) is 0 Å². The van der Waals surface area contributed by atoms with E-state index in [2.05, 4.69) is 23.0 Å². The first-order chi connectivity index (χ1) is 12.7. The van der Waals surface area contributed by atoms with Crippen LogP contribution in [0.1, 0.15) is 36.6 Å². The van der Waals surface area contributed by atoms with Crippen LogP contribution in [0.5, 0.6) is 11.5 Å². The Bertz CT molecular complexity index is 838. The summed E-state index contributed by atoms with van der Waals surface area (Å²) in [5, 5.41) is 7.17. The highest BCUT2D eigenvalue weighted by Gasteiger charge is 2.52. The zero-order valence-corrected chi connectivity index (χ0v) is 15.1. The van der Waals surface area contributed by atoms with Crippen LogP contribution >= 0.6 is 0 Å². The summed E-state index contributed by atoms with van der Waals surface area (Å²) < 4.78 is 17.9. The Morgan fingerprint density at radius 2 is 2.04 bits per heavy atom. The van der Waals surface area contributed by atoms with Crippen molar-refractivity contribution >= 4 is 5.71 Å². The summed E-state index contributed by atoms with van der Waals surface area (Å²) >= 11 is 0. The van der Waals surface area contributed by atoms with Gasteiger partial charge in [-0.3, -0.25) is 0 Å². The van der Waals surface area contributed by atoms with Crippen LogP contribution in [0, 0.1) is 0 Å². The maximum absolute atomic E-state index is 6.65. The molecule has 0 bridgehead atoms. The average molecular weight is 353 g/mol. The maximum Gasteiger partial charge on any atom is 0.200 e. The number of para-hydroxylation sites is 1. The quantitative estimate of drug-likeness (QED) is 0.829. The van der Waals surface area contributed by atoms with Gasteiger partial charge in [-0.2, -0.15) is 5.10 Å². The number of hydrogen-bond acceptors (Lipinski definition) is 6. The molecule has 3 aliphatic rings. The zero-order valence-electron chi connectivity index (χ0n) is 15.1. The van der Waals surface area contributed by atoms with E-state index >= 15 is 0 Å². The van der Waals surface area contributed by atoms with E-state index in [0.717, 1.165) is 60.9 Å². The Hall–Kier alpha value is -2.47. The smallest absolute Gasteiger partial charge is 0.200 e. The van der Waals surface area contributed by atoms with E-state index < -0.39 is 5.72 Å². The molecule has 1 aromatic heterocycles. The van der Waals surface area contributed by atoms with Crippen molar-refractivity contribution in [3.05, 3.63) is 47.9 Å². The lowest BCUT2D eigenvalue weighted by Crippen LogP contribution is -2.58. The first kappa shape index (κ1) is 15.8. The van der Waals surface area contributed by atoms with Crippen LogP contribution in [-0.2, 0) is 0 Å². The van der Waals surface area contributed by atoms with Crippen molar-refractivity contribution in [2.24, 2.45) is 5.10 Å². The van der Waals surface area contributed by atoms with Gasteiger partial charge in [0.1, 0.15) is 11.5 Å². The van der Waals surface area contributed by atoms with Crippen LogP contribution < -0.4 is 9.47 Å². The molecular weight excluding hydrogens is 330 g/mol. The van der Waals surface area contributed by atoms with Crippen molar-refractivity contribution in [3.63, 3.8) is 0 Å². The Balaban J connectivity index is 1.62. The van der Waals surface area contributed by atoms with Gasteiger partial charge in [0.05, 0.1) is 19.4 Å². The number of piperidine rings is 1. The van der Waals surface area contributed by atoms with Gasteiger partial charge < -0.3 is 18.8 Å². The van der Waals surface area contributed by atoms with Crippen molar-refractivity contribution in [3.8, 4) is 11.5 Å². The summed E-state index contributed by atoms with van der Waals surface area (Å²) in [5.41, 5.74) is 1.70. The number of likely N-dealkylation sites (tertiary alicyclic amines) is 1. The van der Waals surface area contributed by atoms with Crippen LogP contribution in [0.15, 0.2) is 46.1 Å². The van der Waals surface area contributed by atoms with Gasteiger partial charge >= 0.3 is 0 Å². The molecule has 1 saturated heterocycles. The summed E-state index contributed by atoms with van der Waals surface area (Å²) in [7, 11) is 3.86. The van der Waals surface area contributed by atoms with Gasteiger partial charge in [0.25, 0.3) is 0 Å². The zero-order chi connectivity index (χ0) is 17.7. The fraction of sp³-hybridized carbons (Fsp3) is 0.450. The van der Waals surface area contributed by atoms with E-state index in [0.29, 0.717) is 0 Å². The molecule has 1 aromatic carbocycles. The van der Waals surface area contributed by atoms with Gasteiger partial charge in [-0.05, 0) is 25.2 Å². The van der Waals surface area contributed by atoms with Crippen molar-refractivity contribution in [2.75, 3.05) is 27.2 Å². The molecule has 2 aromatic rings. The van der Waals surface area contributed by atoms with Crippen LogP contribution in [0.3, 0.4) is 0 Å². The highest BCUT2D eigenvalue weighted by atomic mass is 16.5. The Labute approximate surface area is 153 Å². The Kier molecular flexibility index (Phi) is 3.50. The molecule has 6 heteroatoms. The largest absolute Gasteiger partial charge is 0.493 e. The molecule has 136 valence electrons. The molecule has 3 aliphatic heterocycles. The molecule has 0 saturated carbocycles.